The molecule has 172 valence electrons. The van der Waals surface area contributed by atoms with Gasteiger partial charge in [-0.15, -0.1) is 0 Å². The molecule has 1 atom stereocenters. The van der Waals surface area contributed by atoms with E-state index in [-0.39, 0.29) is 4.90 Å². The first-order valence-electron chi connectivity index (χ1n) is 10.8. The van der Waals surface area contributed by atoms with Crippen molar-refractivity contribution in [2.45, 2.75) is 17.4 Å². The van der Waals surface area contributed by atoms with Crippen molar-refractivity contribution in [3.8, 4) is 6.07 Å². The van der Waals surface area contributed by atoms with E-state index in [1.165, 1.54) is 6.20 Å². The number of rotatable bonds is 9. The maximum Gasteiger partial charge on any atom is 0.263 e. The van der Waals surface area contributed by atoms with E-state index in [1.54, 1.807) is 42.5 Å². The molecule has 0 unspecified atom stereocenters. The van der Waals surface area contributed by atoms with Crippen LogP contribution >= 0.6 is 0 Å². The Balaban J connectivity index is 1.30. The Labute approximate surface area is 198 Å². The number of aliphatic hydroxyl groups excluding tert-OH is 1. The van der Waals surface area contributed by atoms with Crippen molar-refractivity contribution in [3.63, 3.8) is 0 Å². The van der Waals surface area contributed by atoms with E-state index >= 15 is 0 Å². The lowest BCUT2D eigenvalue weighted by Gasteiger charge is -2.13. The Kier molecular flexibility index (Phi) is 7.18. The number of aromatic nitrogens is 1. The van der Waals surface area contributed by atoms with Crippen LogP contribution in [0.15, 0.2) is 90.0 Å². The van der Waals surface area contributed by atoms with E-state index in [4.69, 9.17) is 5.26 Å². The zero-order valence-electron chi connectivity index (χ0n) is 18.3. The fourth-order valence-electron chi connectivity index (χ4n) is 3.56. The molecule has 0 saturated heterocycles. The summed E-state index contributed by atoms with van der Waals surface area (Å²) in [6.07, 6.45) is 1.37. The first-order valence-corrected chi connectivity index (χ1v) is 12.3. The fourth-order valence-corrected chi connectivity index (χ4v) is 4.59. The third-order valence-electron chi connectivity index (χ3n) is 5.41. The van der Waals surface area contributed by atoms with Crippen LogP contribution < -0.4 is 10.0 Å². The summed E-state index contributed by atoms with van der Waals surface area (Å²) in [6, 6.07) is 25.1. The summed E-state index contributed by atoms with van der Waals surface area (Å²) in [5.74, 6) is 0. The molecule has 0 spiro atoms. The first kappa shape index (κ1) is 23.4. The van der Waals surface area contributed by atoms with Crippen LogP contribution in [-0.4, -0.2) is 31.6 Å². The number of pyridine rings is 1. The minimum absolute atomic E-state index is 0.110. The minimum Gasteiger partial charge on any atom is -0.387 e. The van der Waals surface area contributed by atoms with Crippen molar-refractivity contribution in [2.75, 3.05) is 17.8 Å². The number of anilines is 1. The van der Waals surface area contributed by atoms with Crippen LogP contribution in [0.1, 0.15) is 22.8 Å². The highest BCUT2D eigenvalue weighted by Gasteiger charge is 2.15. The minimum atomic E-state index is -3.75. The highest BCUT2D eigenvalue weighted by molar-refractivity contribution is 7.92. The van der Waals surface area contributed by atoms with Crippen LogP contribution in [0.3, 0.4) is 0 Å². The number of hydrogen-bond acceptors (Lipinski definition) is 6. The van der Waals surface area contributed by atoms with E-state index in [9.17, 15) is 13.5 Å². The van der Waals surface area contributed by atoms with Crippen LogP contribution in [0.2, 0.25) is 0 Å². The van der Waals surface area contributed by atoms with Crippen molar-refractivity contribution >= 4 is 26.6 Å². The van der Waals surface area contributed by atoms with Gasteiger partial charge in [-0.2, -0.15) is 5.26 Å². The van der Waals surface area contributed by atoms with Gasteiger partial charge in [-0.25, -0.2) is 8.42 Å². The van der Waals surface area contributed by atoms with Gasteiger partial charge in [0.05, 0.1) is 23.3 Å². The number of fused-ring (bicyclic) bond motifs is 1. The second kappa shape index (κ2) is 10.4. The lowest BCUT2D eigenvalue weighted by Crippen LogP contribution is -2.23. The van der Waals surface area contributed by atoms with Crippen molar-refractivity contribution in [2.24, 2.45) is 0 Å². The highest BCUT2D eigenvalue weighted by Crippen LogP contribution is 2.20. The maximum atomic E-state index is 12.8. The van der Waals surface area contributed by atoms with Gasteiger partial charge in [0.2, 0.25) is 0 Å². The quantitative estimate of drug-likeness (QED) is 0.320. The number of nitriles is 1. The molecule has 3 N–H and O–H groups in total. The van der Waals surface area contributed by atoms with Gasteiger partial charge in [-0.1, -0.05) is 42.5 Å². The van der Waals surface area contributed by atoms with Gasteiger partial charge in [0, 0.05) is 23.8 Å². The molecule has 1 aromatic heterocycles. The Morgan fingerprint density at radius 1 is 1.00 bits per heavy atom. The summed E-state index contributed by atoms with van der Waals surface area (Å²) in [7, 11) is -3.75. The summed E-state index contributed by atoms with van der Waals surface area (Å²) >= 11 is 0. The number of nitrogens with zero attached hydrogens (tertiary/aromatic N) is 2. The van der Waals surface area contributed by atoms with E-state index in [0.29, 0.717) is 36.3 Å². The number of para-hydroxylation sites is 1. The third-order valence-corrected chi connectivity index (χ3v) is 6.76. The molecule has 0 bridgehead atoms. The van der Waals surface area contributed by atoms with Crippen molar-refractivity contribution < 1.29 is 13.5 Å². The Morgan fingerprint density at radius 3 is 2.59 bits per heavy atom. The molecule has 4 rings (SSSR count). The molecule has 7 nitrogen and oxygen atoms in total. The van der Waals surface area contributed by atoms with Crippen molar-refractivity contribution in [3.05, 3.63) is 102 Å². The van der Waals surface area contributed by atoms with E-state index in [1.807, 2.05) is 36.4 Å². The van der Waals surface area contributed by atoms with E-state index in [2.05, 4.69) is 21.1 Å². The molecule has 34 heavy (non-hydrogen) atoms. The summed E-state index contributed by atoms with van der Waals surface area (Å²) in [4.78, 5) is 4.34. The van der Waals surface area contributed by atoms with Gasteiger partial charge in [0.15, 0.2) is 0 Å². The SMILES string of the molecule is N#Cc1cccc([C@H](O)CNCCc2ccc(NS(=O)(=O)c3cnc4ccccc4c3)cc2)c1. The highest BCUT2D eigenvalue weighted by atomic mass is 32.2. The zero-order valence-corrected chi connectivity index (χ0v) is 19.2. The molecule has 0 saturated carbocycles. The van der Waals surface area contributed by atoms with Gasteiger partial charge < -0.3 is 10.4 Å². The van der Waals surface area contributed by atoms with Crippen LogP contribution in [0.4, 0.5) is 5.69 Å². The van der Waals surface area contributed by atoms with Crippen molar-refractivity contribution in [1.82, 2.24) is 10.3 Å². The summed E-state index contributed by atoms with van der Waals surface area (Å²) < 4.78 is 28.1. The van der Waals surface area contributed by atoms with Crippen LogP contribution in [-0.2, 0) is 16.4 Å². The smallest absolute Gasteiger partial charge is 0.263 e. The lowest BCUT2D eigenvalue weighted by atomic mass is 10.1. The first-order chi connectivity index (χ1) is 16.4. The van der Waals surface area contributed by atoms with Crippen LogP contribution in [0.25, 0.3) is 10.9 Å². The van der Waals surface area contributed by atoms with Gasteiger partial charge in [0.1, 0.15) is 4.90 Å². The van der Waals surface area contributed by atoms with E-state index < -0.39 is 16.1 Å². The number of nitrogens with one attached hydrogen (secondary N) is 2. The topological polar surface area (TPSA) is 115 Å². The summed E-state index contributed by atoms with van der Waals surface area (Å²) in [5.41, 5.74) is 3.46. The second-order valence-corrected chi connectivity index (χ2v) is 9.56. The predicted molar refractivity (Wildman–Crippen MR) is 132 cm³/mol. The maximum absolute atomic E-state index is 12.8. The van der Waals surface area contributed by atoms with Gasteiger partial charge in [0.25, 0.3) is 10.0 Å². The molecule has 0 aliphatic carbocycles. The van der Waals surface area contributed by atoms with Gasteiger partial charge in [-0.05, 0) is 60.5 Å². The predicted octanol–water partition coefficient (Wildman–Crippen LogP) is 3.77. The fraction of sp³-hybridized carbons (Fsp3) is 0.154. The molecule has 0 aliphatic rings. The molecular weight excluding hydrogens is 448 g/mol. The molecule has 0 radical (unpaired) electrons. The number of hydrogen-bond donors (Lipinski definition) is 3. The molecule has 8 heteroatoms. The average molecular weight is 473 g/mol. The number of sulfonamides is 1. The number of benzene rings is 3. The molecule has 3 aromatic carbocycles. The summed E-state index contributed by atoms with van der Waals surface area (Å²) in [5, 5.41) is 23.2. The average Bonchev–Trinajstić information content (AvgIpc) is 2.87. The molecule has 0 fully saturated rings. The Hall–Kier alpha value is -3.77. The Bertz CT molecular complexity index is 1430. The van der Waals surface area contributed by atoms with Gasteiger partial charge >= 0.3 is 0 Å². The molecule has 4 aromatic rings. The Morgan fingerprint density at radius 2 is 1.79 bits per heavy atom. The van der Waals surface area contributed by atoms with Crippen molar-refractivity contribution in [1.29, 1.82) is 5.26 Å². The molecule has 0 aliphatic heterocycles. The van der Waals surface area contributed by atoms with Gasteiger partial charge in [-0.3, -0.25) is 9.71 Å². The third kappa shape index (κ3) is 5.77. The number of aliphatic hydroxyl groups is 1. The van der Waals surface area contributed by atoms with Crippen LogP contribution in [0.5, 0.6) is 0 Å². The standard InChI is InChI=1S/C26H24N4O3S/c27-16-20-4-3-6-22(14-20)26(31)18-28-13-12-19-8-10-23(11-9-19)30-34(32,33)24-15-21-5-1-2-7-25(21)29-17-24/h1-11,14-15,17,26,28,30-31H,12-13,18H2/t26-/m1/s1. The largest absolute Gasteiger partial charge is 0.387 e. The zero-order chi connectivity index (χ0) is 24.0. The normalized spacial score (nSPS) is 12.2. The van der Waals surface area contributed by atoms with Crippen LogP contribution in [0, 0.1) is 11.3 Å². The monoisotopic (exact) mass is 472 g/mol. The summed E-state index contributed by atoms with van der Waals surface area (Å²) in [6.45, 7) is 1.01. The second-order valence-electron chi connectivity index (χ2n) is 7.87. The van der Waals surface area contributed by atoms with E-state index in [0.717, 1.165) is 16.5 Å². The molecule has 1 heterocycles. The lowest BCUT2D eigenvalue weighted by molar-refractivity contribution is 0.175. The molecular formula is C26H24N4O3S. The molecule has 0 amide bonds.